The van der Waals surface area contributed by atoms with Gasteiger partial charge in [-0.15, -0.1) is 0 Å². The average Bonchev–Trinajstić information content (AvgIpc) is 2.70. The molecule has 1 atom stereocenters. The lowest BCUT2D eigenvalue weighted by molar-refractivity contribution is -0.138. The van der Waals surface area contributed by atoms with E-state index < -0.39 is 5.97 Å². The number of aromatic nitrogens is 2. The first-order valence-electron chi connectivity index (χ1n) is 7.69. The van der Waals surface area contributed by atoms with Crippen molar-refractivity contribution in [1.29, 1.82) is 0 Å². The maximum atomic E-state index is 10.7. The van der Waals surface area contributed by atoms with Crippen molar-refractivity contribution >= 4 is 5.97 Å². The third kappa shape index (κ3) is 3.75. The van der Waals surface area contributed by atoms with Gasteiger partial charge >= 0.3 is 5.97 Å². The Balaban J connectivity index is 2.06. The third-order valence-corrected chi connectivity index (χ3v) is 4.20. The van der Waals surface area contributed by atoms with Crippen LogP contribution < -0.4 is 0 Å². The molecule has 0 saturated heterocycles. The van der Waals surface area contributed by atoms with Crippen LogP contribution in [0.15, 0.2) is 24.3 Å². The molecular formula is C18H24N2O2. The molecule has 0 aliphatic rings. The summed E-state index contributed by atoms with van der Waals surface area (Å²) in [6, 6.07) is 8.53. The Kier molecular flexibility index (Phi) is 5.01. The van der Waals surface area contributed by atoms with Crippen LogP contribution in [0.5, 0.6) is 0 Å². The second kappa shape index (κ2) is 6.77. The fraction of sp³-hybridized carbons (Fsp3) is 0.444. The molecule has 0 fully saturated rings. The van der Waals surface area contributed by atoms with Crippen molar-refractivity contribution in [3.63, 3.8) is 0 Å². The van der Waals surface area contributed by atoms with Crippen LogP contribution in [-0.4, -0.2) is 20.9 Å². The summed E-state index contributed by atoms with van der Waals surface area (Å²) in [5, 5.41) is 13.2. The number of rotatable bonds is 6. The number of hydrogen-bond acceptors (Lipinski definition) is 2. The minimum atomic E-state index is -0.717. The summed E-state index contributed by atoms with van der Waals surface area (Å²) in [5.41, 5.74) is 5.85. The van der Waals surface area contributed by atoms with Gasteiger partial charge in [-0.1, -0.05) is 31.2 Å². The van der Waals surface area contributed by atoms with Crippen LogP contribution in [0.4, 0.5) is 0 Å². The van der Waals surface area contributed by atoms with E-state index >= 15 is 0 Å². The highest BCUT2D eigenvalue weighted by atomic mass is 16.4. The molecular weight excluding hydrogens is 276 g/mol. The van der Waals surface area contributed by atoms with Gasteiger partial charge in [0.15, 0.2) is 0 Å². The van der Waals surface area contributed by atoms with Crippen LogP contribution in [0.1, 0.15) is 36.7 Å². The average molecular weight is 300 g/mol. The predicted molar refractivity (Wildman–Crippen MR) is 87.9 cm³/mol. The summed E-state index contributed by atoms with van der Waals surface area (Å²) < 4.78 is 1.91. The quantitative estimate of drug-likeness (QED) is 0.884. The van der Waals surface area contributed by atoms with Crippen molar-refractivity contribution in [2.24, 2.45) is 13.0 Å². The van der Waals surface area contributed by atoms with Crippen molar-refractivity contribution in [2.45, 2.75) is 40.0 Å². The molecule has 0 spiro atoms. The fourth-order valence-electron chi connectivity index (χ4n) is 2.84. The zero-order valence-electron chi connectivity index (χ0n) is 13.8. The molecule has 1 aromatic carbocycles. The lowest BCUT2D eigenvalue weighted by Gasteiger charge is -2.09. The lowest BCUT2D eigenvalue weighted by Crippen LogP contribution is -2.05. The number of aliphatic carboxylic acids is 1. The number of hydrogen-bond donors (Lipinski definition) is 1. The SMILES string of the molecule is Cc1nn(C)c(C)c1-c1ccc(CCC(C)CC(=O)O)cc1. The van der Waals surface area contributed by atoms with Gasteiger partial charge in [-0.2, -0.15) is 5.10 Å². The van der Waals surface area contributed by atoms with Gasteiger partial charge in [-0.25, -0.2) is 0 Å². The van der Waals surface area contributed by atoms with Crippen molar-refractivity contribution in [2.75, 3.05) is 0 Å². The second-order valence-corrected chi connectivity index (χ2v) is 6.11. The zero-order valence-corrected chi connectivity index (χ0v) is 13.8. The number of benzene rings is 1. The first kappa shape index (κ1) is 16.3. The minimum Gasteiger partial charge on any atom is -0.481 e. The monoisotopic (exact) mass is 300 g/mol. The topological polar surface area (TPSA) is 55.1 Å². The number of aryl methyl sites for hydroxylation is 3. The summed E-state index contributed by atoms with van der Waals surface area (Å²) in [6.45, 7) is 6.10. The largest absolute Gasteiger partial charge is 0.481 e. The van der Waals surface area contributed by atoms with Crippen LogP contribution in [-0.2, 0) is 18.3 Å². The van der Waals surface area contributed by atoms with E-state index in [0.717, 1.165) is 18.5 Å². The molecule has 0 saturated carbocycles. The highest BCUT2D eigenvalue weighted by Crippen LogP contribution is 2.27. The molecule has 0 aliphatic carbocycles. The van der Waals surface area contributed by atoms with Gasteiger partial charge < -0.3 is 5.11 Å². The smallest absolute Gasteiger partial charge is 0.303 e. The van der Waals surface area contributed by atoms with Gasteiger partial charge in [0.25, 0.3) is 0 Å². The molecule has 0 amide bonds. The molecule has 118 valence electrons. The van der Waals surface area contributed by atoms with Crippen LogP contribution >= 0.6 is 0 Å². The van der Waals surface area contributed by atoms with Crippen molar-refractivity contribution in [3.8, 4) is 11.1 Å². The number of carboxylic acids is 1. The first-order valence-corrected chi connectivity index (χ1v) is 7.69. The molecule has 0 bridgehead atoms. The minimum absolute atomic E-state index is 0.208. The standard InChI is InChI=1S/C18H24N2O2/c1-12(11-17(21)22)5-6-15-7-9-16(10-8-15)18-13(2)19-20(4)14(18)3/h7-10,12H,5-6,11H2,1-4H3,(H,21,22). The Morgan fingerprint density at radius 2 is 1.91 bits per heavy atom. The third-order valence-electron chi connectivity index (χ3n) is 4.20. The maximum absolute atomic E-state index is 10.7. The summed E-state index contributed by atoms with van der Waals surface area (Å²) in [7, 11) is 1.96. The second-order valence-electron chi connectivity index (χ2n) is 6.11. The molecule has 2 rings (SSSR count). The molecule has 1 aromatic heterocycles. The molecule has 0 radical (unpaired) electrons. The maximum Gasteiger partial charge on any atom is 0.303 e. The fourth-order valence-corrected chi connectivity index (χ4v) is 2.84. The summed E-state index contributed by atoms with van der Waals surface area (Å²) >= 11 is 0. The normalized spacial score (nSPS) is 12.4. The highest BCUT2D eigenvalue weighted by molar-refractivity contribution is 5.68. The number of carboxylic acid groups (broad SMARTS) is 1. The van der Waals surface area contributed by atoms with Crippen LogP contribution in [0.25, 0.3) is 11.1 Å². The highest BCUT2D eigenvalue weighted by Gasteiger charge is 2.12. The number of nitrogens with zero attached hydrogens (tertiary/aromatic N) is 2. The Hall–Kier alpha value is -2.10. The van der Waals surface area contributed by atoms with Crippen LogP contribution in [0.3, 0.4) is 0 Å². The van der Waals surface area contributed by atoms with E-state index in [2.05, 4.69) is 36.3 Å². The Bertz CT molecular complexity index is 656. The zero-order chi connectivity index (χ0) is 16.3. The summed E-state index contributed by atoms with van der Waals surface area (Å²) in [5.74, 6) is -0.509. The lowest BCUT2D eigenvalue weighted by atomic mass is 9.96. The molecule has 1 unspecified atom stereocenters. The molecule has 2 aromatic rings. The number of carbonyl (C=O) groups is 1. The van der Waals surface area contributed by atoms with Crippen molar-refractivity contribution in [3.05, 3.63) is 41.2 Å². The Morgan fingerprint density at radius 3 is 2.41 bits per heavy atom. The van der Waals surface area contributed by atoms with E-state index in [0.29, 0.717) is 0 Å². The van der Waals surface area contributed by atoms with Gasteiger partial charge in [0.05, 0.1) is 5.69 Å². The molecule has 1 N–H and O–H groups in total. The van der Waals surface area contributed by atoms with Gasteiger partial charge in [-0.05, 0) is 43.7 Å². The summed E-state index contributed by atoms with van der Waals surface area (Å²) in [6.07, 6.45) is 2.06. The van der Waals surface area contributed by atoms with Gasteiger partial charge in [-0.3, -0.25) is 9.48 Å². The van der Waals surface area contributed by atoms with E-state index in [-0.39, 0.29) is 12.3 Å². The van der Waals surface area contributed by atoms with Gasteiger partial charge in [0.2, 0.25) is 0 Å². The van der Waals surface area contributed by atoms with E-state index in [9.17, 15) is 4.79 Å². The predicted octanol–water partition coefficient (Wildman–Crippen LogP) is 3.75. The molecule has 1 heterocycles. The first-order chi connectivity index (χ1) is 10.4. The van der Waals surface area contributed by atoms with E-state index in [4.69, 9.17) is 5.11 Å². The molecule has 22 heavy (non-hydrogen) atoms. The molecule has 0 aliphatic heterocycles. The van der Waals surface area contributed by atoms with E-state index in [1.54, 1.807) is 0 Å². The molecule has 4 heteroatoms. The van der Waals surface area contributed by atoms with Gasteiger partial charge in [0.1, 0.15) is 0 Å². The Morgan fingerprint density at radius 1 is 1.27 bits per heavy atom. The van der Waals surface area contributed by atoms with E-state index in [1.165, 1.54) is 22.4 Å². The molecule has 4 nitrogen and oxygen atoms in total. The Labute approximate surface area is 131 Å². The van der Waals surface area contributed by atoms with Gasteiger partial charge in [0, 0.05) is 24.7 Å². The van der Waals surface area contributed by atoms with Crippen molar-refractivity contribution < 1.29 is 9.90 Å². The van der Waals surface area contributed by atoms with Crippen LogP contribution in [0.2, 0.25) is 0 Å². The van der Waals surface area contributed by atoms with E-state index in [1.807, 2.05) is 25.6 Å². The van der Waals surface area contributed by atoms with Crippen LogP contribution in [0, 0.1) is 19.8 Å². The van der Waals surface area contributed by atoms with Crippen molar-refractivity contribution in [1.82, 2.24) is 9.78 Å². The summed E-state index contributed by atoms with van der Waals surface area (Å²) in [4.78, 5) is 10.7.